The second kappa shape index (κ2) is 8.40. The lowest BCUT2D eigenvalue weighted by Gasteiger charge is -2.18. The lowest BCUT2D eigenvalue weighted by molar-refractivity contribution is 1.47. The van der Waals surface area contributed by atoms with E-state index in [-0.39, 0.29) is 0 Å². The van der Waals surface area contributed by atoms with E-state index in [0.717, 1.165) is 20.6 Å². The first-order chi connectivity index (χ1) is 12.8. The van der Waals surface area contributed by atoms with Gasteiger partial charge >= 0.3 is 0 Å². The van der Waals surface area contributed by atoms with Crippen LogP contribution in [-0.4, -0.2) is 4.38 Å². The van der Waals surface area contributed by atoms with E-state index in [2.05, 4.69) is 41.8 Å². The number of hydrogen-bond donors (Lipinski definition) is 0. The fourth-order valence-electron chi connectivity index (χ4n) is 2.41. The van der Waals surface area contributed by atoms with Gasteiger partial charge in [-0.05, 0) is 47.9 Å². The summed E-state index contributed by atoms with van der Waals surface area (Å²) in [5.41, 5.74) is 2.05. The molecule has 1 nitrogen and oxygen atoms in total. The second-order valence-corrected chi connectivity index (χ2v) is 9.20. The highest BCUT2D eigenvalue weighted by molar-refractivity contribution is 8.42. The summed E-state index contributed by atoms with van der Waals surface area (Å²) in [6, 6.07) is 26.6. The SMILES string of the molecule is Clc1ccc2c(c1)/C(=C/Sc1ccccc1)SC(Sc1ccccc1)=N2. The quantitative estimate of drug-likeness (QED) is 0.405. The molecule has 5 heteroatoms. The van der Waals surface area contributed by atoms with Crippen molar-refractivity contribution in [2.75, 3.05) is 0 Å². The van der Waals surface area contributed by atoms with E-state index >= 15 is 0 Å². The Hall–Kier alpha value is -1.59. The zero-order chi connectivity index (χ0) is 17.8. The summed E-state index contributed by atoms with van der Waals surface area (Å²) in [5, 5.41) is 2.92. The van der Waals surface area contributed by atoms with Crippen molar-refractivity contribution in [1.82, 2.24) is 0 Å². The molecule has 0 N–H and O–H groups in total. The van der Waals surface area contributed by atoms with Gasteiger partial charge in [-0.1, -0.05) is 83.3 Å². The monoisotopic (exact) mass is 411 g/mol. The van der Waals surface area contributed by atoms with Crippen molar-refractivity contribution in [3.63, 3.8) is 0 Å². The molecule has 1 heterocycles. The van der Waals surface area contributed by atoms with Crippen LogP contribution in [0.25, 0.3) is 4.91 Å². The van der Waals surface area contributed by atoms with Crippen LogP contribution in [0.1, 0.15) is 5.56 Å². The number of rotatable bonds is 3. The number of halogens is 1. The largest absolute Gasteiger partial charge is 0.234 e. The Labute approximate surface area is 171 Å². The van der Waals surface area contributed by atoms with Crippen molar-refractivity contribution < 1.29 is 0 Å². The van der Waals surface area contributed by atoms with Crippen LogP contribution in [0.3, 0.4) is 0 Å². The van der Waals surface area contributed by atoms with Crippen molar-refractivity contribution >= 4 is 61.9 Å². The van der Waals surface area contributed by atoms with Gasteiger partial charge in [-0.15, -0.1) is 0 Å². The van der Waals surface area contributed by atoms with Crippen LogP contribution >= 0.6 is 46.9 Å². The van der Waals surface area contributed by atoms with Gasteiger partial charge in [-0.2, -0.15) is 0 Å². The van der Waals surface area contributed by atoms with Gasteiger partial charge in [0.2, 0.25) is 0 Å². The Morgan fingerprint density at radius 1 is 0.846 bits per heavy atom. The minimum atomic E-state index is 0.731. The maximum absolute atomic E-state index is 6.23. The Bertz CT molecular complexity index is 969. The maximum atomic E-state index is 6.23. The molecule has 0 fully saturated rings. The van der Waals surface area contributed by atoms with E-state index in [0.29, 0.717) is 0 Å². The van der Waals surface area contributed by atoms with Crippen LogP contribution in [0.2, 0.25) is 5.02 Å². The molecule has 1 aliphatic rings. The number of nitrogens with zero attached hydrogens (tertiary/aromatic N) is 1. The molecule has 0 saturated heterocycles. The summed E-state index contributed by atoms with van der Waals surface area (Å²) < 4.78 is 1.02. The highest BCUT2D eigenvalue weighted by atomic mass is 35.5. The Morgan fingerprint density at radius 3 is 2.27 bits per heavy atom. The summed E-state index contributed by atoms with van der Waals surface area (Å²) >= 11 is 11.3. The molecule has 0 aromatic heterocycles. The standard InChI is InChI=1S/C21H14ClNS3/c22-15-11-12-19-18(13-15)20(14-24-16-7-3-1-4-8-16)26-21(23-19)25-17-9-5-2-6-10-17/h1-14H/b20-14-. The zero-order valence-electron chi connectivity index (χ0n) is 13.6. The second-order valence-electron chi connectivity index (χ2n) is 5.47. The van der Waals surface area contributed by atoms with E-state index in [1.54, 1.807) is 35.3 Å². The van der Waals surface area contributed by atoms with Gasteiger partial charge in [0.05, 0.1) is 5.69 Å². The zero-order valence-corrected chi connectivity index (χ0v) is 16.8. The van der Waals surface area contributed by atoms with Crippen molar-refractivity contribution in [3.05, 3.63) is 94.9 Å². The summed E-state index contributed by atoms with van der Waals surface area (Å²) in [6.45, 7) is 0. The molecule has 4 rings (SSSR count). The Kier molecular flexibility index (Phi) is 5.75. The molecule has 3 aromatic carbocycles. The summed E-state index contributed by atoms with van der Waals surface area (Å²) in [6.07, 6.45) is 0. The van der Waals surface area contributed by atoms with Crippen LogP contribution in [0.4, 0.5) is 5.69 Å². The predicted molar refractivity (Wildman–Crippen MR) is 119 cm³/mol. The third kappa shape index (κ3) is 4.38. The lowest BCUT2D eigenvalue weighted by Crippen LogP contribution is -1.95. The molecular weight excluding hydrogens is 398 g/mol. The van der Waals surface area contributed by atoms with Gasteiger partial charge in [-0.3, -0.25) is 0 Å². The van der Waals surface area contributed by atoms with Crippen LogP contribution in [0, 0.1) is 0 Å². The Morgan fingerprint density at radius 2 is 1.54 bits per heavy atom. The molecule has 3 aromatic rings. The predicted octanol–water partition coefficient (Wildman–Crippen LogP) is 7.96. The highest BCUT2D eigenvalue weighted by Gasteiger charge is 2.19. The first kappa shape index (κ1) is 17.8. The molecule has 0 unspecified atom stereocenters. The van der Waals surface area contributed by atoms with Crippen LogP contribution in [0.15, 0.2) is 99.1 Å². The molecule has 0 saturated carbocycles. The molecular formula is C21H14ClNS3. The molecule has 0 amide bonds. The maximum Gasteiger partial charge on any atom is 0.140 e. The molecule has 0 radical (unpaired) electrons. The lowest BCUT2D eigenvalue weighted by atomic mass is 10.2. The summed E-state index contributed by atoms with van der Waals surface area (Å²) in [5.74, 6) is 0. The molecule has 0 atom stereocenters. The Balaban J connectivity index is 1.66. The van der Waals surface area contributed by atoms with E-state index in [1.807, 2.05) is 42.5 Å². The topological polar surface area (TPSA) is 12.4 Å². The molecule has 1 aliphatic heterocycles. The van der Waals surface area contributed by atoms with Gasteiger partial charge < -0.3 is 0 Å². The van der Waals surface area contributed by atoms with Crippen LogP contribution in [0.5, 0.6) is 0 Å². The minimum absolute atomic E-state index is 0.731. The molecule has 128 valence electrons. The molecule has 26 heavy (non-hydrogen) atoms. The van der Waals surface area contributed by atoms with E-state index in [4.69, 9.17) is 16.6 Å². The van der Waals surface area contributed by atoms with Gasteiger partial charge in [0.25, 0.3) is 0 Å². The smallest absolute Gasteiger partial charge is 0.140 e. The van der Waals surface area contributed by atoms with E-state index in [1.165, 1.54) is 14.7 Å². The number of fused-ring (bicyclic) bond motifs is 1. The fraction of sp³-hybridized carbons (Fsp3) is 0. The molecule has 0 aliphatic carbocycles. The molecule has 0 bridgehead atoms. The van der Waals surface area contributed by atoms with Crippen LogP contribution < -0.4 is 0 Å². The van der Waals surface area contributed by atoms with E-state index in [9.17, 15) is 0 Å². The summed E-state index contributed by atoms with van der Waals surface area (Å²) in [7, 11) is 0. The third-order valence-corrected chi connectivity index (χ3v) is 7.01. The first-order valence-corrected chi connectivity index (χ1v) is 10.9. The van der Waals surface area contributed by atoms with Gasteiger partial charge in [0, 0.05) is 25.3 Å². The van der Waals surface area contributed by atoms with Crippen molar-refractivity contribution in [2.24, 2.45) is 4.99 Å². The minimum Gasteiger partial charge on any atom is -0.234 e. The average molecular weight is 412 g/mol. The number of hydrogen-bond acceptors (Lipinski definition) is 4. The van der Waals surface area contributed by atoms with Gasteiger partial charge in [-0.25, -0.2) is 4.99 Å². The third-order valence-electron chi connectivity index (χ3n) is 3.63. The fourth-order valence-corrected chi connectivity index (χ4v) is 5.58. The van der Waals surface area contributed by atoms with Crippen molar-refractivity contribution in [2.45, 2.75) is 9.79 Å². The van der Waals surface area contributed by atoms with Crippen molar-refractivity contribution in [3.8, 4) is 0 Å². The summed E-state index contributed by atoms with van der Waals surface area (Å²) in [4.78, 5) is 8.39. The number of aliphatic imine (C=N–C) groups is 1. The molecule has 0 spiro atoms. The van der Waals surface area contributed by atoms with Gasteiger partial charge in [0.15, 0.2) is 0 Å². The average Bonchev–Trinajstić information content (AvgIpc) is 2.68. The number of thioether (sulfide) groups is 3. The van der Waals surface area contributed by atoms with Crippen LogP contribution in [-0.2, 0) is 0 Å². The first-order valence-electron chi connectivity index (χ1n) is 7.99. The number of benzene rings is 3. The van der Waals surface area contributed by atoms with E-state index < -0.39 is 0 Å². The van der Waals surface area contributed by atoms with Crippen molar-refractivity contribution in [1.29, 1.82) is 0 Å². The highest BCUT2D eigenvalue weighted by Crippen LogP contribution is 2.46. The normalized spacial score (nSPS) is 14.8. The van der Waals surface area contributed by atoms with Gasteiger partial charge in [0.1, 0.15) is 4.38 Å².